The highest BCUT2D eigenvalue weighted by molar-refractivity contribution is 7.88. The summed E-state index contributed by atoms with van der Waals surface area (Å²) < 4.78 is 26.1. The van der Waals surface area contributed by atoms with Crippen molar-refractivity contribution in [1.82, 2.24) is 4.31 Å². The zero-order valence-electron chi connectivity index (χ0n) is 12.2. The van der Waals surface area contributed by atoms with E-state index in [9.17, 15) is 13.2 Å². The van der Waals surface area contributed by atoms with E-state index in [0.717, 1.165) is 12.8 Å². The zero-order valence-corrected chi connectivity index (χ0v) is 13.0. The molecule has 1 aromatic rings. The Morgan fingerprint density at radius 1 is 1.33 bits per heavy atom. The second-order valence-electron chi connectivity index (χ2n) is 5.69. The summed E-state index contributed by atoms with van der Waals surface area (Å²) in [5, 5.41) is 8.95. The van der Waals surface area contributed by atoms with Crippen LogP contribution in [0.5, 0.6) is 0 Å². The van der Waals surface area contributed by atoms with Gasteiger partial charge in [0.25, 0.3) is 0 Å². The van der Waals surface area contributed by atoms with Crippen molar-refractivity contribution in [2.45, 2.75) is 31.4 Å². The minimum absolute atomic E-state index is 0.112. The van der Waals surface area contributed by atoms with Crippen molar-refractivity contribution < 1.29 is 18.3 Å². The van der Waals surface area contributed by atoms with Gasteiger partial charge in [0.1, 0.15) is 0 Å². The van der Waals surface area contributed by atoms with Crippen LogP contribution < -0.4 is 0 Å². The van der Waals surface area contributed by atoms with Crippen LogP contribution in [0.2, 0.25) is 0 Å². The van der Waals surface area contributed by atoms with Crippen LogP contribution in [0.15, 0.2) is 24.3 Å². The minimum Gasteiger partial charge on any atom is -0.478 e. The van der Waals surface area contributed by atoms with E-state index in [2.05, 4.69) is 0 Å². The molecule has 0 aliphatic heterocycles. The van der Waals surface area contributed by atoms with E-state index in [0.29, 0.717) is 18.0 Å². The van der Waals surface area contributed by atoms with E-state index in [4.69, 9.17) is 5.11 Å². The first kappa shape index (κ1) is 16.0. The van der Waals surface area contributed by atoms with Crippen molar-refractivity contribution in [3.63, 3.8) is 0 Å². The summed E-state index contributed by atoms with van der Waals surface area (Å²) in [7, 11) is -1.80. The fourth-order valence-electron chi connectivity index (χ4n) is 2.79. The molecule has 6 heteroatoms. The van der Waals surface area contributed by atoms with Crippen LogP contribution in [0, 0.1) is 5.92 Å². The Hall–Kier alpha value is -1.40. The van der Waals surface area contributed by atoms with Crippen molar-refractivity contribution in [1.29, 1.82) is 0 Å². The van der Waals surface area contributed by atoms with E-state index < -0.39 is 16.0 Å². The molecule has 21 heavy (non-hydrogen) atoms. The molecule has 0 heterocycles. The number of nitrogens with zero attached hydrogens (tertiary/aromatic N) is 1. The molecule has 0 spiro atoms. The van der Waals surface area contributed by atoms with Gasteiger partial charge in [0.2, 0.25) is 10.0 Å². The van der Waals surface area contributed by atoms with Crippen LogP contribution in [0.4, 0.5) is 0 Å². The number of carbonyl (C=O) groups is 1. The summed E-state index contributed by atoms with van der Waals surface area (Å²) in [4.78, 5) is 10.9. The van der Waals surface area contributed by atoms with E-state index in [1.165, 1.54) is 29.3 Å². The van der Waals surface area contributed by atoms with E-state index in [1.54, 1.807) is 19.2 Å². The van der Waals surface area contributed by atoms with E-state index in [-0.39, 0.29) is 11.3 Å². The molecule has 1 saturated carbocycles. The monoisotopic (exact) mass is 311 g/mol. The van der Waals surface area contributed by atoms with Gasteiger partial charge in [-0.3, -0.25) is 0 Å². The number of hydrogen-bond acceptors (Lipinski definition) is 3. The van der Waals surface area contributed by atoms with Crippen LogP contribution in [0.3, 0.4) is 0 Å². The minimum atomic E-state index is -3.40. The van der Waals surface area contributed by atoms with Gasteiger partial charge in [-0.15, -0.1) is 0 Å². The molecule has 116 valence electrons. The van der Waals surface area contributed by atoms with E-state index in [1.807, 2.05) is 0 Å². The first-order chi connectivity index (χ1) is 9.88. The number of sulfonamides is 1. The third-order valence-electron chi connectivity index (χ3n) is 3.99. The summed E-state index contributed by atoms with van der Waals surface area (Å²) in [5.41, 5.74) is 0.620. The van der Waals surface area contributed by atoms with Crippen molar-refractivity contribution in [3.05, 3.63) is 35.4 Å². The Bertz CT molecular complexity index is 606. The van der Waals surface area contributed by atoms with Gasteiger partial charge in [-0.25, -0.2) is 17.5 Å². The van der Waals surface area contributed by atoms with Gasteiger partial charge in [0, 0.05) is 13.6 Å². The molecule has 0 radical (unpaired) electrons. The van der Waals surface area contributed by atoms with Crippen molar-refractivity contribution in [3.8, 4) is 0 Å². The lowest BCUT2D eigenvalue weighted by atomic mass is 10.1. The number of carboxylic acid groups (broad SMARTS) is 1. The molecule has 0 aromatic heterocycles. The Kier molecular flexibility index (Phi) is 5.00. The van der Waals surface area contributed by atoms with Gasteiger partial charge in [-0.05, 0) is 36.5 Å². The van der Waals surface area contributed by atoms with Crippen molar-refractivity contribution in [2.75, 3.05) is 13.6 Å². The quantitative estimate of drug-likeness (QED) is 0.875. The highest BCUT2D eigenvalue weighted by Gasteiger charge is 2.24. The van der Waals surface area contributed by atoms with Gasteiger partial charge in [0.05, 0.1) is 11.3 Å². The second kappa shape index (κ2) is 6.58. The van der Waals surface area contributed by atoms with Gasteiger partial charge in [0.15, 0.2) is 0 Å². The lowest BCUT2D eigenvalue weighted by Gasteiger charge is -2.20. The molecule has 1 aromatic carbocycles. The maximum atomic E-state index is 12.3. The summed E-state index contributed by atoms with van der Waals surface area (Å²) in [6.45, 7) is 0.557. The molecule has 0 amide bonds. The Morgan fingerprint density at radius 3 is 2.62 bits per heavy atom. The van der Waals surface area contributed by atoms with Crippen LogP contribution >= 0.6 is 0 Å². The van der Waals surface area contributed by atoms with E-state index >= 15 is 0 Å². The van der Waals surface area contributed by atoms with Crippen LogP contribution in [0.1, 0.15) is 41.6 Å². The molecule has 1 aliphatic carbocycles. The largest absolute Gasteiger partial charge is 0.478 e. The predicted octanol–water partition coefficient (Wildman–Crippen LogP) is 2.34. The maximum absolute atomic E-state index is 12.3. The fourth-order valence-corrected chi connectivity index (χ4v) is 4.04. The van der Waals surface area contributed by atoms with Gasteiger partial charge in [-0.2, -0.15) is 0 Å². The normalized spacial score (nSPS) is 16.5. The number of benzene rings is 1. The van der Waals surface area contributed by atoms with Crippen molar-refractivity contribution >= 4 is 16.0 Å². The standard InChI is InChI=1S/C15H21NO4S/c1-16(10-12-5-2-3-6-12)21(19,20)11-13-7-4-8-14(9-13)15(17)18/h4,7-9,12H,2-3,5-6,10-11H2,1H3,(H,17,18). The smallest absolute Gasteiger partial charge is 0.335 e. The first-order valence-electron chi connectivity index (χ1n) is 7.15. The molecule has 1 aliphatic rings. The molecular formula is C15H21NO4S. The summed E-state index contributed by atoms with van der Waals surface area (Å²) in [6, 6.07) is 6.10. The second-order valence-corrected chi connectivity index (χ2v) is 7.77. The summed E-state index contributed by atoms with van der Waals surface area (Å²) in [5.74, 6) is -0.749. The summed E-state index contributed by atoms with van der Waals surface area (Å²) >= 11 is 0. The SMILES string of the molecule is CN(CC1CCCC1)S(=O)(=O)Cc1cccc(C(=O)O)c1. The number of rotatable bonds is 6. The van der Waals surface area contributed by atoms with Crippen LogP contribution in [-0.2, 0) is 15.8 Å². The maximum Gasteiger partial charge on any atom is 0.335 e. The molecule has 1 N–H and O–H groups in total. The molecule has 0 bridgehead atoms. The Labute approximate surface area is 125 Å². The highest BCUT2D eigenvalue weighted by atomic mass is 32.2. The molecule has 0 atom stereocenters. The average Bonchev–Trinajstić information content (AvgIpc) is 2.91. The number of aromatic carboxylic acids is 1. The van der Waals surface area contributed by atoms with Crippen LogP contribution in [-0.4, -0.2) is 37.4 Å². The molecule has 0 unspecified atom stereocenters. The lowest BCUT2D eigenvalue weighted by Crippen LogP contribution is -2.32. The predicted molar refractivity (Wildman–Crippen MR) is 80.6 cm³/mol. The third-order valence-corrected chi connectivity index (χ3v) is 5.78. The molecule has 1 fully saturated rings. The number of carboxylic acids is 1. The average molecular weight is 311 g/mol. The zero-order chi connectivity index (χ0) is 15.5. The third kappa shape index (κ3) is 4.28. The fraction of sp³-hybridized carbons (Fsp3) is 0.533. The Morgan fingerprint density at radius 2 is 2.00 bits per heavy atom. The number of hydrogen-bond donors (Lipinski definition) is 1. The molecule has 2 rings (SSSR count). The lowest BCUT2D eigenvalue weighted by molar-refractivity contribution is 0.0696. The van der Waals surface area contributed by atoms with Gasteiger partial charge >= 0.3 is 5.97 Å². The van der Waals surface area contributed by atoms with Crippen molar-refractivity contribution in [2.24, 2.45) is 5.92 Å². The van der Waals surface area contributed by atoms with Gasteiger partial charge in [-0.1, -0.05) is 25.0 Å². The molecular weight excluding hydrogens is 290 g/mol. The summed E-state index contributed by atoms with van der Waals surface area (Å²) in [6.07, 6.45) is 4.54. The Balaban J connectivity index is 2.05. The van der Waals surface area contributed by atoms with Crippen LogP contribution in [0.25, 0.3) is 0 Å². The highest BCUT2D eigenvalue weighted by Crippen LogP contribution is 2.26. The van der Waals surface area contributed by atoms with Gasteiger partial charge < -0.3 is 5.11 Å². The first-order valence-corrected chi connectivity index (χ1v) is 8.75. The molecule has 5 nitrogen and oxygen atoms in total. The molecule has 0 saturated heterocycles. The topological polar surface area (TPSA) is 74.7 Å².